The molecule has 1 fully saturated rings. The highest BCUT2D eigenvalue weighted by molar-refractivity contribution is 7.80. The lowest BCUT2D eigenvalue weighted by molar-refractivity contribution is 0.653. The van der Waals surface area contributed by atoms with Crippen molar-refractivity contribution in [2.75, 3.05) is 0 Å². The molecule has 2 nitrogen and oxygen atoms in total. The van der Waals surface area contributed by atoms with Gasteiger partial charge in [0.2, 0.25) is 0 Å². The first-order chi connectivity index (χ1) is 7.63. The number of hydrogen-bond donors (Lipinski definition) is 2. The smallest absolute Gasteiger partial charge is 0.166 e. The predicted octanol–water partition coefficient (Wildman–Crippen LogP) is 2.61. The van der Waals surface area contributed by atoms with E-state index in [1.807, 2.05) is 11.3 Å². The van der Waals surface area contributed by atoms with Gasteiger partial charge in [0, 0.05) is 28.3 Å². The molecule has 2 N–H and O–H groups in total. The number of thiophene rings is 1. The molecule has 1 aromatic rings. The maximum absolute atomic E-state index is 5.25. The molecule has 0 bridgehead atoms. The van der Waals surface area contributed by atoms with Gasteiger partial charge in [0.25, 0.3) is 0 Å². The van der Waals surface area contributed by atoms with Crippen molar-refractivity contribution in [1.29, 1.82) is 0 Å². The van der Waals surface area contributed by atoms with Crippen LogP contribution >= 0.6 is 23.6 Å². The quantitative estimate of drug-likeness (QED) is 0.808. The van der Waals surface area contributed by atoms with Crippen LogP contribution in [0.25, 0.3) is 0 Å². The first-order valence-electron chi connectivity index (χ1n) is 5.76. The molecule has 4 heteroatoms. The monoisotopic (exact) mass is 254 g/mol. The highest BCUT2D eigenvalue weighted by atomic mass is 32.1. The van der Waals surface area contributed by atoms with E-state index in [9.17, 15) is 0 Å². The Morgan fingerprint density at radius 2 is 2.31 bits per heavy atom. The highest BCUT2D eigenvalue weighted by Crippen LogP contribution is 2.19. The molecule has 1 heterocycles. The molecule has 0 aromatic carbocycles. The molecule has 0 amide bonds. The second-order valence-corrected chi connectivity index (χ2v) is 6.29. The van der Waals surface area contributed by atoms with Crippen LogP contribution in [0.1, 0.15) is 29.5 Å². The molecule has 88 valence electrons. The van der Waals surface area contributed by atoms with Gasteiger partial charge < -0.3 is 10.6 Å². The molecule has 1 atom stereocenters. The fraction of sp³-hybridized carbons (Fsp3) is 0.583. The van der Waals surface area contributed by atoms with E-state index in [0.29, 0.717) is 12.1 Å². The Balaban J connectivity index is 1.74. The van der Waals surface area contributed by atoms with E-state index in [0.717, 1.165) is 11.5 Å². The lowest BCUT2D eigenvalue weighted by Gasteiger charge is -2.16. The molecule has 0 spiro atoms. The third kappa shape index (κ3) is 3.76. The number of aryl methyl sites for hydroxylation is 1. The van der Waals surface area contributed by atoms with Crippen molar-refractivity contribution in [3.63, 3.8) is 0 Å². The molecule has 0 radical (unpaired) electrons. The third-order valence-electron chi connectivity index (χ3n) is 2.59. The Bertz CT molecular complexity index is 369. The van der Waals surface area contributed by atoms with Gasteiger partial charge in [0.05, 0.1) is 0 Å². The average molecular weight is 254 g/mol. The Hall–Kier alpha value is -0.610. The lowest BCUT2D eigenvalue weighted by Crippen LogP contribution is -2.42. The Kier molecular flexibility index (Phi) is 3.82. The van der Waals surface area contributed by atoms with Crippen LogP contribution in [0, 0.1) is 6.92 Å². The molecule has 2 rings (SSSR count). The van der Waals surface area contributed by atoms with Gasteiger partial charge in [0.15, 0.2) is 5.11 Å². The van der Waals surface area contributed by atoms with Crippen molar-refractivity contribution < 1.29 is 0 Å². The summed E-state index contributed by atoms with van der Waals surface area (Å²) in [5, 5.41) is 7.44. The van der Waals surface area contributed by atoms with Crippen LogP contribution in [0.3, 0.4) is 0 Å². The normalized spacial score (nSPS) is 16.9. The predicted molar refractivity (Wildman–Crippen MR) is 74.1 cm³/mol. The van der Waals surface area contributed by atoms with Crippen LogP contribution in [0.2, 0.25) is 0 Å². The van der Waals surface area contributed by atoms with Crippen molar-refractivity contribution in [2.24, 2.45) is 0 Å². The van der Waals surface area contributed by atoms with Gasteiger partial charge in [-0.15, -0.1) is 11.3 Å². The first kappa shape index (κ1) is 11.9. The maximum Gasteiger partial charge on any atom is 0.166 e. The maximum atomic E-state index is 5.25. The van der Waals surface area contributed by atoms with E-state index in [-0.39, 0.29) is 0 Å². The molecule has 16 heavy (non-hydrogen) atoms. The molecule has 1 saturated carbocycles. The van der Waals surface area contributed by atoms with E-state index in [1.165, 1.54) is 22.6 Å². The standard InChI is InChI=1S/C12H18N2S2/c1-8(7-11-6-3-9(2)16-11)13-12(15)14-10-4-5-10/h3,6,8,10H,4-5,7H2,1-2H3,(H2,13,14,15). The van der Waals surface area contributed by atoms with Gasteiger partial charge in [-0.2, -0.15) is 0 Å². The van der Waals surface area contributed by atoms with Crippen LogP contribution in [-0.4, -0.2) is 17.2 Å². The first-order valence-corrected chi connectivity index (χ1v) is 6.98. The second kappa shape index (κ2) is 5.15. The van der Waals surface area contributed by atoms with Gasteiger partial charge in [-0.1, -0.05) is 0 Å². The Morgan fingerprint density at radius 3 is 2.88 bits per heavy atom. The molecule has 0 saturated heterocycles. The zero-order chi connectivity index (χ0) is 11.5. The molecule has 1 unspecified atom stereocenters. The van der Waals surface area contributed by atoms with Crippen molar-refractivity contribution in [1.82, 2.24) is 10.6 Å². The topological polar surface area (TPSA) is 24.1 Å². The van der Waals surface area contributed by atoms with E-state index in [2.05, 4.69) is 36.6 Å². The summed E-state index contributed by atoms with van der Waals surface area (Å²) in [7, 11) is 0. The van der Waals surface area contributed by atoms with Crippen LogP contribution in [0.5, 0.6) is 0 Å². The largest absolute Gasteiger partial charge is 0.360 e. The molecule has 1 aromatic heterocycles. The molecular weight excluding hydrogens is 236 g/mol. The summed E-state index contributed by atoms with van der Waals surface area (Å²) >= 11 is 7.11. The number of thiocarbonyl (C=S) groups is 1. The summed E-state index contributed by atoms with van der Waals surface area (Å²) in [6.07, 6.45) is 3.58. The van der Waals surface area contributed by atoms with E-state index in [4.69, 9.17) is 12.2 Å². The number of rotatable bonds is 4. The molecular formula is C12H18N2S2. The van der Waals surface area contributed by atoms with Crippen LogP contribution in [0.15, 0.2) is 12.1 Å². The van der Waals surface area contributed by atoms with Crippen LogP contribution < -0.4 is 10.6 Å². The molecule has 1 aliphatic rings. The number of hydrogen-bond acceptors (Lipinski definition) is 2. The Morgan fingerprint density at radius 1 is 1.56 bits per heavy atom. The van der Waals surface area contributed by atoms with Crippen LogP contribution in [0.4, 0.5) is 0 Å². The van der Waals surface area contributed by atoms with E-state index >= 15 is 0 Å². The Labute approximate surface area is 106 Å². The lowest BCUT2D eigenvalue weighted by atomic mass is 10.2. The van der Waals surface area contributed by atoms with Gasteiger partial charge in [-0.3, -0.25) is 0 Å². The SMILES string of the molecule is Cc1ccc(CC(C)NC(=S)NC2CC2)s1. The van der Waals surface area contributed by atoms with Crippen molar-refractivity contribution >= 4 is 28.7 Å². The van der Waals surface area contributed by atoms with Crippen LogP contribution in [-0.2, 0) is 6.42 Å². The summed E-state index contributed by atoms with van der Waals surface area (Å²) in [4.78, 5) is 2.80. The van der Waals surface area contributed by atoms with Gasteiger partial charge >= 0.3 is 0 Å². The zero-order valence-electron chi connectivity index (χ0n) is 9.75. The summed E-state index contributed by atoms with van der Waals surface area (Å²) in [6, 6.07) is 5.41. The highest BCUT2D eigenvalue weighted by Gasteiger charge is 2.22. The second-order valence-electron chi connectivity index (χ2n) is 4.51. The summed E-state index contributed by atoms with van der Waals surface area (Å²) in [5.41, 5.74) is 0. The summed E-state index contributed by atoms with van der Waals surface area (Å²) in [6.45, 7) is 4.32. The fourth-order valence-electron chi connectivity index (χ4n) is 1.63. The summed E-state index contributed by atoms with van der Waals surface area (Å²) < 4.78 is 0. The summed E-state index contributed by atoms with van der Waals surface area (Å²) in [5.74, 6) is 0. The zero-order valence-corrected chi connectivity index (χ0v) is 11.4. The van der Waals surface area contributed by atoms with Crippen molar-refractivity contribution in [2.45, 2.75) is 45.2 Å². The van der Waals surface area contributed by atoms with Crippen molar-refractivity contribution in [3.05, 3.63) is 21.9 Å². The molecule has 1 aliphatic carbocycles. The van der Waals surface area contributed by atoms with Gasteiger partial charge in [-0.05, 0) is 51.0 Å². The fourth-order valence-corrected chi connectivity index (χ4v) is 3.01. The van der Waals surface area contributed by atoms with Crippen molar-refractivity contribution in [3.8, 4) is 0 Å². The van der Waals surface area contributed by atoms with E-state index in [1.54, 1.807) is 0 Å². The minimum atomic E-state index is 0.400. The number of nitrogens with one attached hydrogen (secondary N) is 2. The van der Waals surface area contributed by atoms with Gasteiger partial charge in [0.1, 0.15) is 0 Å². The van der Waals surface area contributed by atoms with Gasteiger partial charge in [-0.25, -0.2) is 0 Å². The third-order valence-corrected chi connectivity index (χ3v) is 3.85. The van der Waals surface area contributed by atoms with E-state index < -0.39 is 0 Å². The average Bonchev–Trinajstić information content (AvgIpc) is 2.89. The minimum absolute atomic E-state index is 0.400. The molecule has 0 aliphatic heterocycles. The minimum Gasteiger partial charge on any atom is -0.360 e.